The summed E-state index contributed by atoms with van der Waals surface area (Å²) in [5, 5.41) is 13.4. The highest BCUT2D eigenvalue weighted by Gasteiger charge is 2.37. The number of anilines is 1. The fourth-order valence-electron chi connectivity index (χ4n) is 1.86. The van der Waals surface area contributed by atoms with E-state index in [0.29, 0.717) is 11.8 Å². The Labute approximate surface area is 148 Å². The third-order valence-electron chi connectivity index (χ3n) is 3.07. The zero-order valence-electron chi connectivity index (χ0n) is 12.4. The summed E-state index contributed by atoms with van der Waals surface area (Å²) in [6.45, 7) is 0. The van der Waals surface area contributed by atoms with Crippen molar-refractivity contribution in [3.8, 4) is 0 Å². The number of nitro groups is 1. The molecule has 0 aliphatic rings. The van der Waals surface area contributed by atoms with Crippen molar-refractivity contribution in [3.05, 3.63) is 74.8 Å². The van der Waals surface area contributed by atoms with Gasteiger partial charge in [0.05, 0.1) is 4.92 Å². The largest absolute Gasteiger partial charge is 0.454 e. The van der Waals surface area contributed by atoms with Gasteiger partial charge >= 0.3 is 6.18 Å². The van der Waals surface area contributed by atoms with Gasteiger partial charge < -0.3 is 5.32 Å². The van der Waals surface area contributed by atoms with Gasteiger partial charge in [0.15, 0.2) is 0 Å². The van der Waals surface area contributed by atoms with Gasteiger partial charge in [-0.25, -0.2) is 0 Å². The van der Waals surface area contributed by atoms with Crippen molar-refractivity contribution in [3.63, 3.8) is 0 Å². The Balaban J connectivity index is 2.40. The smallest absolute Gasteiger partial charge is 0.355 e. The molecule has 0 saturated carbocycles. The molecule has 0 radical (unpaired) electrons. The zero-order valence-corrected chi connectivity index (χ0v) is 14.0. The van der Waals surface area contributed by atoms with E-state index in [1.165, 1.54) is 12.1 Å². The molecule has 130 valence electrons. The number of carbonyl (C=O) groups excluding carboxylic acids is 1. The highest BCUT2D eigenvalue weighted by Crippen LogP contribution is 2.25. The first-order valence-corrected chi connectivity index (χ1v) is 7.56. The third kappa shape index (κ3) is 5.15. The van der Waals surface area contributed by atoms with E-state index in [2.05, 4.69) is 21.2 Å². The average molecular weight is 415 g/mol. The van der Waals surface area contributed by atoms with E-state index >= 15 is 0 Å². The molecule has 0 aromatic heterocycles. The predicted molar refractivity (Wildman–Crippen MR) is 89.9 cm³/mol. The average Bonchev–Trinajstić information content (AvgIpc) is 2.55. The molecule has 0 saturated heterocycles. The fourth-order valence-corrected chi connectivity index (χ4v) is 2.12. The van der Waals surface area contributed by atoms with Crippen molar-refractivity contribution in [1.29, 1.82) is 0 Å². The van der Waals surface area contributed by atoms with E-state index in [0.717, 1.165) is 16.6 Å². The Morgan fingerprint density at radius 1 is 1.08 bits per heavy atom. The highest BCUT2D eigenvalue weighted by molar-refractivity contribution is 9.10. The van der Waals surface area contributed by atoms with Crippen LogP contribution in [0, 0.1) is 10.1 Å². The molecule has 5 nitrogen and oxygen atoms in total. The zero-order chi connectivity index (χ0) is 18.6. The highest BCUT2D eigenvalue weighted by atomic mass is 79.9. The Bertz CT molecular complexity index is 816. The Morgan fingerprint density at radius 3 is 2.12 bits per heavy atom. The van der Waals surface area contributed by atoms with Crippen LogP contribution in [0.15, 0.2) is 59.1 Å². The van der Waals surface area contributed by atoms with Crippen molar-refractivity contribution in [2.45, 2.75) is 6.18 Å². The maximum atomic E-state index is 12.6. The first-order valence-electron chi connectivity index (χ1n) is 6.77. The van der Waals surface area contributed by atoms with E-state index in [4.69, 9.17) is 0 Å². The molecule has 1 N–H and O–H groups in total. The molecule has 0 unspecified atom stereocenters. The SMILES string of the molecule is O=C(/C=C(\Nc1ccc(Br)cc1)c1ccc([N+](=O)[O-])cc1)C(F)(F)F. The molecule has 0 fully saturated rings. The van der Waals surface area contributed by atoms with Gasteiger partial charge in [0, 0.05) is 34.1 Å². The molecule has 0 amide bonds. The van der Waals surface area contributed by atoms with E-state index in [1.54, 1.807) is 24.3 Å². The molecule has 2 rings (SSSR count). The summed E-state index contributed by atoms with van der Waals surface area (Å²) in [6.07, 6.45) is -4.60. The molecule has 0 aliphatic heterocycles. The minimum atomic E-state index is -5.02. The summed E-state index contributed by atoms with van der Waals surface area (Å²) in [5.41, 5.74) is 0.308. The molecule has 2 aromatic carbocycles. The van der Waals surface area contributed by atoms with Gasteiger partial charge in [-0.05, 0) is 42.0 Å². The second kappa shape index (κ2) is 7.47. The van der Waals surface area contributed by atoms with Gasteiger partial charge in [-0.1, -0.05) is 15.9 Å². The monoisotopic (exact) mass is 414 g/mol. The minimum Gasteiger partial charge on any atom is -0.355 e. The number of nitrogens with zero attached hydrogens (tertiary/aromatic N) is 1. The van der Waals surface area contributed by atoms with Crippen LogP contribution < -0.4 is 5.32 Å². The summed E-state index contributed by atoms with van der Waals surface area (Å²) in [6, 6.07) is 11.3. The lowest BCUT2D eigenvalue weighted by atomic mass is 10.1. The number of allylic oxidation sites excluding steroid dienone is 1. The lowest BCUT2D eigenvalue weighted by Crippen LogP contribution is -2.21. The van der Waals surface area contributed by atoms with Crippen LogP contribution in [0.4, 0.5) is 24.5 Å². The quantitative estimate of drug-likeness (QED) is 0.427. The van der Waals surface area contributed by atoms with Crippen molar-refractivity contribution in [1.82, 2.24) is 0 Å². The number of alkyl halides is 3. The predicted octanol–water partition coefficient (Wildman–Crippen LogP) is 4.94. The van der Waals surface area contributed by atoms with Crippen LogP contribution in [0.5, 0.6) is 0 Å². The number of nitro benzene ring substituents is 1. The Hall–Kier alpha value is -2.68. The van der Waals surface area contributed by atoms with Gasteiger partial charge in [-0.2, -0.15) is 13.2 Å². The molecular weight excluding hydrogens is 405 g/mol. The topological polar surface area (TPSA) is 72.2 Å². The number of carbonyl (C=O) groups is 1. The van der Waals surface area contributed by atoms with Crippen LogP contribution in [0.3, 0.4) is 0 Å². The van der Waals surface area contributed by atoms with E-state index < -0.39 is 16.9 Å². The number of hydrogen-bond donors (Lipinski definition) is 1. The number of benzene rings is 2. The number of non-ortho nitro benzene ring substituents is 1. The summed E-state index contributed by atoms with van der Waals surface area (Å²) in [7, 11) is 0. The second-order valence-electron chi connectivity index (χ2n) is 4.86. The van der Waals surface area contributed by atoms with Gasteiger partial charge in [0.2, 0.25) is 0 Å². The fraction of sp³-hybridized carbons (Fsp3) is 0.0625. The van der Waals surface area contributed by atoms with Crippen molar-refractivity contribution in [2.24, 2.45) is 0 Å². The molecule has 2 aromatic rings. The molecule has 0 bridgehead atoms. The van der Waals surface area contributed by atoms with E-state index in [9.17, 15) is 28.1 Å². The van der Waals surface area contributed by atoms with Crippen LogP contribution in [-0.2, 0) is 4.79 Å². The molecule has 25 heavy (non-hydrogen) atoms. The van der Waals surface area contributed by atoms with Crippen LogP contribution in [0.2, 0.25) is 0 Å². The summed E-state index contributed by atoms with van der Waals surface area (Å²) >= 11 is 3.24. The summed E-state index contributed by atoms with van der Waals surface area (Å²) in [4.78, 5) is 21.4. The number of ketones is 1. The maximum absolute atomic E-state index is 12.6. The third-order valence-corrected chi connectivity index (χ3v) is 3.60. The summed E-state index contributed by atoms with van der Waals surface area (Å²) in [5.74, 6) is -2.04. The van der Waals surface area contributed by atoms with Crippen molar-refractivity contribution in [2.75, 3.05) is 5.32 Å². The second-order valence-corrected chi connectivity index (χ2v) is 5.77. The van der Waals surface area contributed by atoms with Crippen molar-refractivity contribution >= 4 is 38.8 Å². The first-order chi connectivity index (χ1) is 11.7. The Kier molecular flexibility index (Phi) is 5.58. The van der Waals surface area contributed by atoms with Crippen LogP contribution in [0.1, 0.15) is 5.56 Å². The maximum Gasteiger partial charge on any atom is 0.454 e. The van der Waals surface area contributed by atoms with Gasteiger partial charge in [0.1, 0.15) is 0 Å². The number of nitrogens with one attached hydrogen (secondary N) is 1. The van der Waals surface area contributed by atoms with Gasteiger partial charge in [-0.3, -0.25) is 14.9 Å². The van der Waals surface area contributed by atoms with Crippen LogP contribution in [-0.4, -0.2) is 16.9 Å². The Morgan fingerprint density at radius 2 is 1.64 bits per heavy atom. The molecular formula is C16H10BrF3N2O3. The van der Waals surface area contributed by atoms with Crippen molar-refractivity contribution < 1.29 is 22.9 Å². The molecule has 0 atom stereocenters. The van der Waals surface area contributed by atoms with Gasteiger partial charge in [-0.15, -0.1) is 0 Å². The summed E-state index contributed by atoms with van der Waals surface area (Å²) < 4.78 is 38.5. The number of halogens is 4. The lowest BCUT2D eigenvalue weighted by molar-refractivity contribution is -0.384. The van der Waals surface area contributed by atoms with Crippen LogP contribution in [0.25, 0.3) is 5.70 Å². The van der Waals surface area contributed by atoms with Gasteiger partial charge in [0.25, 0.3) is 11.5 Å². The molecule has 0 aliphatic carbocycles. The van der Waals surface area contributed by atoms with E-state index in [1.807, 2.05) is 0 Å². The van der Waals surface area contributed by atoms with E-state index in [-0.39, 0.29) is 16.9 Å². The standard InChI is InChI=1S/C16H10BrF3N2O3/c17-11-3-5-12(6-4-11)21-14(9-15(23)16(18,19)20)10-1-7-13(8-2-10)22(24)25/h1-9,21H/b14-9-. The molecule has 9 heteroatoms. The normalized spacial score (nSPS) is 11.9. The lowest BCUT2D eigenvalue weighted by Gasteiger charge is -2.12. The number of rotatable bonds is 5. The minimum absolute atomic E-state index is 0.125. The van der Waals surface area contributed by atoms with Crippen LogP contribution >= 0.6 is 15.9 Å². The number of hydrogen-bond acceptors (Lipinski definition) is 4. The molecule has 0 spiro atoms. The molecule has 0 heterocycles. The first kappa shape index (κ1) is 18.7.